The van der Waals surface area contributed by atoms with Gasteiger partial charge in [0.1, 0.15) is 0 Å². The third-order valence-electron chi connectivity index (χ3n) is 4.29. The van der Waals surface area contributed by atoms with E-state index in [0.29, 0.717) is 18.0 Å². The number of fused-ring (bicyclic) bond motifs is 1. The normalized spacial score (nSPS) is 21.7. The summed E-state index contributed by atoms with van der Waals surface area (Å²) in [5.74, 6) is 0.250. The number of benzene rings is 2. The van der Waals surface area contributed by atoms with Crippen LogP contribution in [0.5, 0.6) is 0 Å². The molecule has 1 saturated heterocycles. The Hall–Kier alpha value is -1.43. The van der Waals surface area contributed by atoms with E-state index in [0.717, 1.165) is 17.2 Å². The predicted octanol–water partition coefficient (Wildman–Crippen LogP) is 2.20. The molecule has 1 aliphatic rings. The Morgan fingerprint density at radius 1 is 1.19 bits per heavy atom. The first-order valence-electron chi connectivity index (χ1n) is 7.23. The van der Waals surface area contributed by atoms with Crippen molar-refractivity contribution in [3.8, 4) is 0 Å². The highest BCUT2D eigenvalue weighted by molar-refractivity contribution is 7.89. The topological polar surface area (TPSA) is 63.4 Å². The van der Waals surface area contributed by atoms with Gasteiger partial charge in [0.05, 0.1) is 4.90 Å². The highest BCUT2D eigenvalue weighted by atomic mass is 32.2. The van der Waals surface area contributed by atoms with Crippen LogP contribution < -0.4 is 5.73 Å². The molecule has 2 N–H and O–H groups in total. The molecule has 21 heavy (non-hydrogen) atoms. The second-order valence-corrected chi connectivity index (χ2v) is 7.72. The summed E-state index contributed by atoms with van der Waals surface area (Å²) in [5.41, 5.74) is 5.89. The maximum Gasteiger partial charge on any atom is 0.243 e. The van der Waals surface area contributed by atoms with Crippen LogP contribution >= 0.6 is 0 Å². The summed E-state index contributed by atoms with van der Waals surface area (Å²) in [6.45, 7) is 3.02. The molecular formula is C16H20N2O2S. The van der Waals surface area contributed by atoms with Gasteiger partial charge in [0.2, 0.25) is 10.0 Å². The van der Waals surface area contributed by atoms with Crippen LogP contribution in [0, 0.1) is 5.92 Å². The average Bonchev–Trinajstić information content (AvgIpc) is 2.97. The van der Waals surface area contributed by atoms with Crippen molar-refractivity contribution in [1.82, 2.24) is 4.31 Å². The van der Waals surface area contributed by atoms with Gasteiger partial charge in [-0.1, -0.05) is 30.3 Å². The highest BCUT2D eigenvalue weighted by Crippen LogP contribution is 2.27. The molecule has 0 radical (unpaired) electrons. The summed E-state index contributed by atoms with van der Waals surface area (Å²) in [5, 5.41) is 1.99. The lowest BCUT2D eigenvalue weighted by molar-refractivity contribution is 0.429. The molecule has 0 saturated carbocycles. The second-order valence-electron chi connectivity index (χ2n) is 5.78. The molecule has 4 nitrogen and oxygen atoms in total. The minimum atomic E-state index is -3.42. The molecule has 112 valence electrons. The van der Waals surface area contributed by atoms with Crippen LogP contribution in [0.4, 0.5) is 0 Å². The van der Waals surface area contributed by atoms with Crippen LogP contribution in [-0.4, -0.2) is 31.9 Å². The smallest absolute Gasteiger partial charge is 0.243 e. The summed E-state index contributed by atoms with van der Waals surface area (Å²) in [6, 6.07) is 13.1. The first kappa shape index (κ1) is 14.5. The predicted molar refractivity (Wildman–Crippen MR) is 84.5 cm³/mol. The first-order chi connectivity index (χ1) is 9.98. The standard InChI is InChI=1S/C16H20N2O2S/c1-12(17)15-8-9-18(11-15)21(19,20)16-7-6-13-4-2-3-5-14(13)10-16/h2-7,10,12,15H,8-9,11,17H2,1H3. The van der Waals surface area contributed by atoms with Crippen LogP contribution in [0.3, 0.4) is 0 Å². The van der Waals surface area contributed by atoms with Gasteiger partial charge in [-0.3, -0.25) is 0 Å². The van der Waals surface area contributed by atoms with Gasteiger partial charge in [-0.05, 0) is 42.2 Å². The van der Waals surface area contributed by atoms with E-state index in [9.17, 15) is 8.42 Å². The van der Waals surface area contributed by atoms with Crippen LogP contribution in [0.15, 0.2) is 47.4 Å². The van der Waals surface area contributed by atoms with Crippen LogP contribution in [0.2, 0.25) is 0 Å². The molecule has 2 unspecified atom stereocenters. The molecule has 1 heterocycles. The van der Waals surface area contributed by atoms with Crippen molar-refractivity contribution >= 4 is 20.8 Å². The average molecular weight is 304 g/mol. The van der Waals surface area contributed by atoms with E-state index in [1.807, 2.05) is 37.3 Å². The minimum absolute atomic E-state index is 0.0294. The zero-order chi connectivity index (χ0) is 15.0. The molecule has 0 bridgehead atoms. The number of hydrogen-bond donors (Lipinski definition) is 1. The molecule has 5 heteroatoms. The summed E-state index contributed by atoms with van der Waals surface area (Å²) in [4.78, 5) is 0.367. The van der Waals surface area contributed by atoms with Crippen molar-refractivity contribution in [3.63, 3.8) is 0 Å². The van der Waals surface area contributed by atoms with Crippen molar-refractivity contribution < 1.29 is 8.42 Å². The third-order valence-corrected chi connectivity index (χ3v) is 6.15. The van der Waals surface area contributed by atoms with Gasteiger partial charge >= 0.3 is 0 Å². The Bertz CT molecular complexity index is 756. The van der Waals surface area contributed by atoms with Crippen molar-refractivity contribution in [3.05, 3.63) is 42.5 Å². The van der Waals surface area contributed by atoms with E-state index in [-0.39, 0.29) is 12.0 Å². The molecular weight excluding hydrogens is 284 g/mol. The quantitative estimate of drug-likeness (QED) is 0.945. The maximum atomic E-state index is 12.7. The van der Waals surface area contributed by atoms with Crippen LogP contribution in [0.25, 0.3) is 10.8 Å². The third kappa shape index (κ3) is 2.69. The van der Waals surface area contributed by atoms with Gasteiger partial charge in [-0.25, -0.2) is 8.42 Å². The van der Waals surface area contributed by atoms with E-state index in [2.05, 4.69) is 0 Å². The number of hydrogen-bond acceptors (Lipinski definition) is 3. The molecule has 3 rings (SSSR count). The number of nitrogens with two attached hydrogens (primary N) is 1. The maximum absolute atomic E-state index is 12.7. The van der Waals surface area contributed by atoms with Gasteiger partial charge in [-0.2, -0.15) is 4.31 Å². The monoisotopic (exact) mass is 304 g/mol. The zero-order valence-electron chi connectivity index (χ0n) is 12.1. The Morgan fingerprint density at radius 2 is 1.90 bits per heavy atom. The molecule has 2 atom stereocenters. The number of rotatable bonds is 3. The van der Waals surface area contributed by atoms with E-state index >= 15 is 0 Å². The molecule has 2 aromatic carbocycles. The molecule has 0 spiro atoms. The van der Waals surface area contributed by atoms with Gasteiger partial charge in [0.25, 0.3) is 0 Å². The molecule has 0 amide bonds. The van der Waals surface area contributed by atoms with Gasteiger partial charge in [0, 0.05) is 19.1 Å². The van der Waals surface area contributed by atoms with E-state index < -0.39 is 10.0 Å². The summed E-state index contributed by atoms with van der Waals surface area (Å²) in [7, 11) is -3.42. The van der Waals surface area contributed by atoms with Gasteiger partial charge in [0.15, 0.2) is 0 Å². The van der Waals surface area contributed by atoms with Crippen molar-refractivity contribution in [2.24, 2.45) is 11.7 Å². The SMILES string of the molecule is CC(N)C1CCN(S(=O)(=O)c2ccc3ccccc3c2)C1. The minimum Gasteiger partial charge on any atom is -0.328 e. The fourth-order valence-electron chi connectivity index (χ4n) is 2.88. The highest BCUT2D eigenvalue weighted by Gasteiger charge is 2.33. The molecule has 2 aromatic rings. The number of nitrogens with zero attached hydrogens (tertiary/aromatic N) is 1. The zero-order valence-corrected chi connectivity index (χ0v) is 12.9. The van der Waals surface area contributed by atoms with E-state index in [4.69, 9.17) is 5.73 Å². The lowest BCUT2D eigenvalue weighted by Gasteiger charge is -2.18. The Morgan fingerprint density at radius 3 is 2.57 bits per heavy atom. The fourth-order valence-corrected chi connectivity index (χ4v) is 4.43. The van der Waals surface area contributed by atoms with E-state index in [1.165, 1.54) is 0 Å². The van der Waals surface area contributed by atoms with E-state index in [1.54, 1.807) is 16.4 Å². The molecule has 0 aliphatic carbocycles. The molecule has 1 aliphatic heterocycles. The summed E-state index contributed by atoms with van der Waals surface area (Å²) >= 11 is 0. The van der Waals surface area contributed by atoms with Crippen molar-refractivity contribution in [2.75, 3.05) is 13.1 Å². The first-order valence-corrected chi connectivity index (χ1v) is 8.67. The molecule has 0 aromatic heterocycles. The number of sulfonamides is 1. The fraction of sp³-hybridized carbons (Fsp3) is 0.375. The summed E-state index contributed by atoms with van der Waals surface area (Å²) in [6.07, 6.45) is 0.838. The largest absolute Gasteiger partial charge is 0.328 e. The lowest BCUT2D eigenvalue weighted by Crippen LogP contribution is -2.33. The van der Waals surface area contributed by atoms with Crippen molar-refractivity contribution in [1.29, 1.82) is 0 Å². The summed E-state index contributed by atoms with van der Waals surface area (Å²) < 4.78 is 27.0. The lowest BCUT2D eigenvalue weighted by atomic mass is 10.0. The van der Waals surface area contributed by atoms with Crippen LogP contribution in [0.1, 0.15) is 13.3 Å². The Kier molecular flexibility index (Phi) is 3.73. The van der Waals surface area contributed by atoms with Crippen LogP contribution in [-0.2, 0) is 10.0 Å². The Balaban J connectivity index is 1.93. The van der Waals surface area contributed by atoms with Gasteiger partial charge < -0.3 is 5.73 Å². The molecule has 1 fully saturated rings. The van der Waals surface area contributed by atoms with Gasteiger partial charge in [-0.15, -0.1) is 0 Å². The second kappa shape index (κ2) is 5.40. The Labute approximate surface area is 125 Å². The van der Waals surface area contributed by atoms with Crippen molar-refractivity contribution in [2.45, 2.75) is 24.3 Å².